The molecule has 0 radical (unpaired) electrons. The highest BCUT2D eigenvalue weighted by molar-refractivity contribution is 5.64. The van der Waals surface area contributed by atoms with Crippen LogP contribution < -0.4 is 11.3 Å². The molecule has 0 fully saturated rings. The summed E-state index contributed by atoms with van der Waals surface area (Å²) in [5.74, 6) is 0. The van der Waals surface area contributed by atoms with Crippen LogP contribution in [0.4, 0.5) is 5.69 Å². The fraction of sp³-hybridized carbons (Fsp3) is 0.182. The van der Waals surface area contributed by atoms with Crippen LogP contribution in [-0.2, 0) is 7.05 Å². The van der Waals surface area contributed by atoms with Crippen molar-refractivity contribution in [2.24, 2.45) is 7.05 Å². The van der Waals surface area contributed by atoms with E-state index in [0.717, 1.165) is 22.5 Å². The summed E-state index contributed by atoms with van der Waals surface area (Å²) in [5, 5.41) is 3.01. The zero-order chi connectivity index (χ0) is 11.0. The topological polar surface area (TPSA) is 63.8 Å². The number of rotatable bonds is 1. The van der Waals surface area contributed by atoms with Crippen LogP contribution in [0.15, 0.2) is 29.1 Å². The molecule has 1 aromatic heterocycles. The Morgan fingerprint density at radius 2 is 1.87 bits per heavy atom. The molecule has 1 heterocycles. The normalized spacial score (nSPS) is 10.5. The molecule has 0 saturated carbocycles. The molecule has 2 rings (SSSR count). The first kappa shape index (κ1) is 9.58. The van der Waals surface area contributed by atoms with Crippen molar-refractivity contribution >= 4 is 5.69 Å². The Morgan fingerprint density at radius 3 is 2.33 bits per heavy atom. The van der Waals surface area contributed by atoms with Gasteiger partial charge in [0, 0.05) is 23.9 Å². The maximum atomic E-state index is 11.5. The summed E-state index contributed by atoms with van der Waals surface area (Å²) in [6.07, 6.45) is 0. The molecule has 0 atom stereocenters. The summed E-state index contributed by atoms with van der Waals surface area (Å²) in [6, 6.07) is 7.43. The number of benzene rings is 1. The van der Waals surface area contributed by atoms with Crippen molar-refractivity contribution in [3.63, 3.8) is 0 Å². The van der Waals surface area contributed by atoms with Gasteiger partial charge in [-0.1, -0.05) is 12.1 Å². The van der Waals surface area contributed by atoms with E-state index in [1.54, 1.807) is 7.05 Å². The Labute approximate surface area is 87.3 Å². The van der Waals surface area contributed by atoms with Crippen molar-refractivity contribution in [2.45, 2.75) is 6.92 Å². The van der Waals surface area contributed by atoms with Crippen molar-refractivity contribution in [1.29, 1.82) is 0 Å². The number of aromatic amines is 1. The van der Waals surface area contributed by atoms with Gasteiger partial charge in [0.2, 0.25) is 0 Å². The Hall–Kier alpha value is -1.97. The molecular formula is C11H13N3O. The van der Waals surface area contributed by atoms with E-state index >= 15 is 0 Å². The maximum absolute atomic E-state index is 11.5. The summed E-state index contributed by atoms with van der Waals surface area (Å²) in [7, 11) is 1.70. The lowest BCUT2D eigenvalue weighted by Crippen LogP contribution is -2.12. The lowest BCUT2D eigenvalue weighted by atomic mass is 10.1. The van der Waals surface area contributed by atoms with Crippen molar-refractivity contribution < 1.29 is 0 Å². The van der Waals surface area contributed by atoms with Gasteiger partial charge in [-0.3, -0.25) is 14.6 Å². The summed E-state index contributed by atoms with van der Waals surface area (Å²) in [4.78, 5) is 11.5. The van der Waals surface area contributed by atoms with Gasteiger partial charge in [-0.05, 0) is 19.1 Å². The Morgan fingerprint density at radius 1 is 1.27 bits per heavy atom. The molecule has 0 amide bonds. The molecule has 0 unspecified atom stereocenters. The van der Waals surface area contributed by atoms with Gasteiger partial charge in [-0.15, -0.1) is 0 Å². The van der Waals surface area contributed by atoms with E-state index in [9.17, 15) is 4.79 Å². The van der Waals surface area contributed by atoms with E-state index in [2.05, 4.69) is 5.10 Å². The molecule has 4 heteroatoms. The third kappa shape index (κ3) is 1.54. The molecule has 0 aliphatic rings. The standard InChI is InChI=1S/C11H13N3O/c1-7-10(13-14(2)11(7)15)8-3-5-9(12)6-4-8/h3-6,13H,12H2,1-2H3. The maximum Gasteiger partial charge on any atom is 0.269 e. The largest absolute Gasteiger partial charge is 0.399 e. The average Bonchev–Trinajstić information content (AvgIpc) is 2.47. The van der Waals surface area contributed by atoms with Gasteiger partial charge in [0.05, 0.1) is 5.69 Å². The highest BCUT2D eigenvalue weighted by Gasteiger charge is 2.08. The lowest BCUT2D eigenvalue weighted by Gasteiger charge is -1.99. The number of nitrogens with two attached hydrogens (primary N) is 1. The molecule has 4 nitrogen and oxygen atoms in total. The molecule has 2 aromatic rings. The number of nitrogens with zero attached hydrogens (tertiary/aromatic N) is 1. The second-order valence-electron chi connectivity index (χ2n) is 3.60. The molecule has 3 N–H and O–H groups in total. The third-order valence-corrected chi connectivity index (χ3v) is 2.48. The molecule has 0 aliphatic heterocycles. The van der Waals surface area contributed by atoms with Crippen LogP contribution in [0.1, 0.15) is 5.56 Å². The number of aromatic nitrogens is 2. The van der Waals surface area contributed by atoms with Crippen LogP contribution in [0.5, 0.6) is 0 Å². The van der Waals surface area contributed by atoms with E-state index < -0.39 is 0 Å². The van der Waals surface area contributed by atoms with Crippen molar-refractivity contribution in [3.05, 3.63) is 40.2 Å². The summed E-state index contributed by atoms with van der Waals surface area (Å²) >= 11 is 0. The molecule has 0 saturated heterocycles. The zero-order valence-electron chi connectivity index (χ0n) is 8.74. The number of nitrogens with one attached hydrogen (secondary N) is 1. The van der Waals surface area contributed by atoms with Crippen LogP contribution in [-0.4, -0.2) is 9.78 Å². The van der Waals surface area contributed by atoms with Crippen LogP contribution in [0.25, 0.3) is 11.3 Å². The third-order valence-electron chi connectivity index (χ3n) is 2.48. The summed E-state index contributed by atoms with van der Waals surface area (Å²) < 4.78 is 1.47. The number of anilines is 1. The van der Waals surface area contributed by atoms with Crippen LogP contribution in [0, 0.1) is 6.92 Å². The van der Waals surface area contributed by atoms with Gasteiger partial charge in [-0.2, -0.15) is 0 Å². The predicted octanol–water partition coefficient (Wildman–Crippen LogP) is 1.27. The van der Waals surface area contributed by atoms with E-state index in [1.807, 2.05) is 31.2 Å². The van der Waals surface area contributed by atoms with E-state index in [0.29, 0.717) is 0 Å². The number of nitrogen functional groups attached to an aromatic ring is 1. The molecule has 0 bridgehead atoms. The molecule has 78 valence electrons. The minimum atomic E-state index is 0.00169. The van der Waals surface area contributed by atoms with Gasteiger partial charge in [0.25, 0.3) is 5.56 Å². The average molecular weight is 203 g/mol. The SMILES string of the molecule is Cc1c(-c2ccc(N)cc2)[nH]n(C)c1=O. The van der Waals surface area contributed by atoms with Gasteiger partial charge >= 0.3 is 0 Å². The summed E-state index contributed by atoms with van der Waals surface area (Å²) in [5.41, 5.74) is 8.87. The Balaban J connectivity index is 2.59. The first-order valence-corrected chi connectivity index (χ1v) is 4.71. The zero-order valence-corrected chi connectivity index (χ0v) is 8.74. The highest BCUT2D eigenvalue weighted by Crippen LogP contribution is 2.19. The van der Waals surface area contributed by atoms with Gasteiger partial charge < -0.3 is 5.73 Å². The quantitative estimate of drug-likeness (QED) is 0.685. The van der Waals surface area contributed by atoms with Crippen LogP contribution in [0.3, 0.4) is 0 Å². The lowest BCUT2D eigenvalue weighted by molar-refractivity contribution is 0.741. The van der Waals surface area contributed by atoms with Crippen molar-refractivity contribution in [2.75, 3.05) is 5.73 Å². The summed E-state index contributed by atoms with van der Waals surface area (Å²) in [6.45, 7) is 1.81. The Kier molecular flexibility index (Phi) is 2.11. The number of hydrogen-bond acceptors (Lipinski definition) is 2. The minimum absolute atomic E-state index is 0.00169. The minimum Gasteiger partial charge on any atom is -0.399 e. The van der Waals surface area contributed by atoms with E-state index in [1.165, 1.54) is 4.68 Å². The second-order valence-corrected chi connectivity index (χ2v) is 3.60. The second kappa shape index (κ2) is 3.31. The fourth-order valence-corrected chi connectivity index (χ4v) is 1.59. The number of H-pyrrole nitrogens is 1. The molecular weight excluding hydrogens is 190 g/mol. The van der Waals surface area contributed by atoms with Gasteiger partial charge in [-0.25, -0.2) is 0 Å². The van der Waals surface area contributed by atoms with Crippen LogP contribution >= 0.6 is 0 Å². The smallest absolute Gasteiger partial charge is 0.269 e. The first-order valence-electron chi connectivity index (χ1n) is 4.71. The van der Waals surface area contributed by atoms with E-state index in [4.69, 9.17) is 5.73 Å². The molecule has 15 heavy (non-hydrogen) atoms. The molecule has 0 spiro atoms. The number of aryl methyl sites for hydroxylation is 1. The number of hydrogen-bond donors (Lipinski definition) is 2. The predicted molar refractivity (Wildman–Crippen MR) is 60.6 cm³/mol. The van der Waals surface area contributed by atoms with Crippen molar-refractivity contribution in [3.8, 4) is 11.3 Å². The highest BCUT2D eigenvalue weighted by atomic mass is 16.1. The van der Waals surface area contributed by atoms with Gasteiger partial charge in [0.15, 0.2) is 0 Å². The monoisotopic (exact) mass is 203 g/mol. The van der Waals surface area contributed by atoms with Gasteiger partial charge in [0.1, 0.15) is 0 Å². The molecule has 0 aliphatic carbocycles. The Bertz CT molecular complexity index is 534. The molecule has 1 aromatic carbocycles. The van der Waals surface area contributed by atoms with Crippen LogP contribution in [0.2, 0.25) is 0 Å². The van der Waals surface area contributed by atoms with Crippen molar-refractivity contribution in [1.82, 2.24) is 9.78 Å². The fourth-order valence-electron chi connectivity index (χ4n) is 1.59. The first-order chi connectivity index (χ1) is 7.09. The van der Waals surface area contributed by atoms with E-state index in [-0.39, 0.29) is 5.56 Å².